The molecule has 1 atom stereocenters. The van der Waals surface area contributed by atoms with Crippen LogP contribution in [0.3, 0.4) is 0 Å². The molecule has 1 aliphatic heterocycles. The van der Waals surface area contributed by atoms with Crippen LogP contribution in [0.1, 0.15) is 42.9 Å². The van der Waals surface area contributed by atoms with Gasteiger partial charge in [0.05, 0.1) is 12.6 Å². The maximum atomic E-state index is 12.5. The Balaban J connectivity index is 1.57. The molecule has 1 heterocycles. The Labute approximate surface area is 145 Å². The molecule has 0 spiro atoms. The van der Waals surface area contributed by atoms with E-state index >= 15 is 0 Å². The lowest BCUT2D eigenvalue weighted by atomic mass is 9.86. The predicted octanol–water partition coefficient (Wildman–Crippen LogP) is 3.16. The number of fused-ring (bicyclic) bond motifs is 1. The summed E-state index contributed by atoms with van der Waals surface area (Å²) in [4.78, 5) is 13.9. The van der Waals surface area contributed by atoms with Crippen molar-refractivity contribution in [2.45, 2.75) is 44.3 Å². The van der Waals surface area contributed by atoms with Crippen molar-refractivity contribution in [1.29, 1.82) is 0 Å². The molecule has 1 amide bonds. The molecule has 138 valence electrons. The molecule has 7 heteroatoms. The average molecular weight is 356 g/mol. The normalized spacial score (nSPS) is 22.4. The third-order valence-electron chi connectivity index (χ3n) is 5.16. The summed E-state index contributed by atoms with van der Waals surface area (Å²) in [5, 5.41) is 13.0. The van der Waals surface area contributed by atoms with Crippen LogP contribution in [-0.2, 0) is 11.2 Å². The van der Waals surface area contributed by atoms with E-state index in [1.54, 1.807) is 12.1 Å². The minimum atomic E-state index is -4.19. The van der Waals surface area contributed by atoms with E-state index in [2.05, 4.69) is 5.32 Å². The van der Waals surface area contributed by atoms with Gasteiger partial charge in [-0.1, -0.05) is 12.1 Å². The number of hydrogen-bond acceptors (Lipinski definition) is 3. The molecule has 1 unspecified atom stereocenters. The molecule has 2 aliphatic rings. The van der Waals surface area contributed by atoms with Crippen LogP contribution < -0.4 is 5.32 Å². The number of amides is 1. The lowest BCUT2D eigenvalue weighted by molar-refractivity contribution is -0.149. The number of piperidine rings is 1. The molecule has 0 radical (unpaired) electrons. The number of hydrogen-bond donors (Lipinski definition) is 2. The molecule has 3 rings (SSSR count). The maximum absolute atomic E-state index is 12.5. The lowest BCUT2D eigenvalue weighted by Crippen LogP contribution is -2.44. The van der Waals surface area contributed by atoms with Gasteiger partial charge in [0.1, 0.15) is 5.75 Å². The van der Waals surface area contributed by atoms with Crippen LogP contribution in [0.2, 0.25) is 0 Å². The molecule has 1 fully saturated rings. The number of phenolic OH excluding ortho intramolecular Hbond substituents is 1. The fraction of sp³-hybridized carbons (Fsp3) is 0.611. The van der Waals surface area contributed by atoms with Gasteiger partial charge in [-0.15, -0.1) is 0 Å². The summed E-state index contributed by atoms with van der Waals surface area (Å²) in [6.07, 6.45) is -0.801. The first kappa shape index (κ1) is 18.0. The van der Waals surface area contributed by atoms with Crippen molar-refractivity contribution in [2.24, 2.45) is 5.92 Å². The molecule has 4 nitrogen and oxygen atoms in total. The van der Waals surface area contributed by atoms with Crippen molar-refractivity contribution >= 4 is 5.91 Å². The van der Waals surface area contributed by atoms with Crippen LogP contribution in [-0.4, -0.2) is 41.7 Å². The summed E-state index contributed by atoms with van der Waals surface area (Å²) < 4.78 is 37.3. The number of carbonyl (C=O) groups is 1. The van der Waals surface area contributed by atoms with Gasteiger partial charge < -0.3 is 10.4 Å². The number of rotatable bonds is 3. The topological polar surface area (TPSA) is 52.6 Å². The van der Waals surface area contributed by atoms with Gasteiger partial charge in [0.15, 0.2) is 0 Å². The first-order chi connectivity index (χ1) is 11.8. The van der Waals surface area contributed by atoms with E-state index in [0.717, 1.165) is 30.4 Å². The minimum absolute atomic E-state index is 0.0900. The van der Waals surface area contributed by atoms with E-state index in [-0.39, 0.29) is 23.6 Å². The second-order valence-electron chi connectivity index (χ2n) is 6.96. The number of halogens is 3. The largest absolute Gasteiger partial charge is 0.508 e. The van der Waals surface area contributed by atoms with Gasteiger partial charge in [-0.25, -0.2) is 0 Å². The zero-order chi connectivity index (χ0) is 18.0. The van der Waals surface area contributed by atoms with Gasteiger partial charge in [-0.3, -0.25) is 9.69 Å². The summed E-state index contributed by atoms with van der Waals surface area (Å²) in [5.74, 6) is -0.0723. The van der Waals surface area contributed by atoms with Gasteiger partial charge in [0.2, 0.25) is 5.91 Å². The SMILES string of the molecule is O=C(NC1CCCc2c(O)cccc21)C1CCN(CC(F)(F)F)CC1. The Morgan fingerprint density at radius 1 is 1.24 bits per heavy atom. The smallest absolute Gasteiger partial charge is 0.401 e. The monoisotopic (exact) mass is 356 g/mol. The zero-order valence-electron chi connectivity index (χ0n) is 14.0. The van der Waals surface area contributed by atoms with Gasteiger partial charge in [0, 0.05) is 5.92 Å². The van der Waals surface area contributed by atoms with E-state index in [9.17, 15) is 23.1 Å². The zero-order valence-corrected chi connectivity index (χ0v) is 14.0. The second kappa shape index (κ2) is 7.23. The van der Waals surface area contributed by atoms with Crippen molar-refractivity contribution in [3.05, 3.63) is 29.3 Å². The first-order valence-electron chi connectivity index (χ1n) is 8.74. The molecule has 25 heavy (non-hydrogen) atoms. The number of benzene rings is 1. The van der Waals surface area contributed by atoms with Crippen LogP contribution in [0.15, 0.2) is 18.2 Å². The van der Waals surface area contributed by atoms with Crippen molar-refractivity contribution in [1.82, 2.24) is 10.2 Å². The highest BCUT2D eigenvalue weighted by atomic mass is 19.4. The van der Waals surface area contributed by atoms with Crippen molar-refractivity contribution in [3.63, 3.8) is 0 Å². The highest BCUT2D eigenvalue weighted by Gasteiger charge is 2.34. The molecule has 1 aliphatic carbocycles. The van der Waals surface area contributed by atoms with Crippen LogP contribution in [0, 0.1) is 5.92 Å². The van der Waals surface area contributed by atoms with Gasteiger partial charge in [-0.05, 0) is 62.4 Å². The maximum Gasteiger partial charge on any atom is 0.401 e. The fourth-order valence-corrected chi connectivity index (χ4v) is 3.88. The Morgan fingerprint density at radius 2 is 1.96 bits per heavy atom. The quantitative estimate of drug-likeness (QED) is 0.875. The molecule has 0 saturated carbocycles. The average Bonchev–Trinajstić information content (AvgIpc) is 2.55. The molecule has 0 aromatic heterocycles. The third-order valence-corrected chi connectivity index (χ3v) is 5.16. The fourth-order valence-electron chi connectivity index (χ4n) is 3.88. The third kappa shape index (κ3) is 4.45. The van der Waals surface area contributed by atoms with Gasteiger partial charge >= 0.3 is 6.18 Å². The number of nitrogens with one attached hydrogen (secondary N) is 1. The summed E-state index contributed by atoms with van der Waals surface area (Å²) in [7, 11) is 0. The molecular weight excluding hydrogens is 333 g/mol. The summed E-state index contributed by atoms with van der Waals surface area (Å²) >= 11 is 0. The Kier molecular flexibility index (Phi) is 5.22. The Bertz CT molecular complexity index is 625. The van der Waals surface area contributed by atoms with Gasteiger partial charge in [-0.2, -0.15) is 13.2 Å². The van der Waals surface area contributed by atoms with E-state index in [0.29, 0.717) is 25.9 Å². The number of alkyl halides is 3. The number of phenols is 1. The summed E-state index contributed by atoms with van der Waals surface area (Å²) in [5.41, 5.74) is 1.84. The minimum Gasteiger partial charge on any atom is -0.508 e. The number of aromatic hydroxyl groups is 1. The van der Waals surface area contributed by atoms with Crippen LogP contribution >= 0.6 is 0 Å². The van der Waals surface area contributed by atoms with Crippen LogP contribution in [0.25, 0.3) is 0 Å². The number of carbonyl (C=O) groups excluding carboxylic acids is 1. The van der Waals surface area contributed by atoms with Crippen LogP contribution in [0.5, 0.6) is 5.75 Å². The lowest BCUT2D eigenvalue weighted by Gasteiger charge is -2.33. The molecule has 1 saturated heterocycles. The summed E-state index contributed by atoms with van der Waals surface area (Å²) in [6, 6.07) is 5.22. The van der Waals surface area contributed by atoms with Crippen molar-refractivity contribution in [2.75, 3.05) is 19.6 Å². The van der Waals surface area contributed by atoms with Crippen molar-refractivity contribution < 1.29 is 23.1 Å². The van der Waals surface area contributed by atoms with E-state index in [1.807, 2.05) is 6.07 Å². The van der Waals surface area contributed by atoms with E-state index in [1.165, 1.54) is 4.90 Å². The molecule has 1 aromatic carbocycles. The second-order valence-corrected chi connectivity index (χ2v) is 6.96. The molecule has 1 aromatic rings. The summed E-state index contributed by atoms with van der Waals surface area (Å²) in [6.45, 7) is -0.324. The van der Waals surface area contributed by atoms with Crippen LogP contribution in [0.4, 0.5) is 13.2 Å². The van der Waals surface area contributed by atoms with Gasteiger partial charge in [0.25, 0.3) is 0 Å². The van der Waals surface area contributed by atoms with E-state index in [4.69, 9.17) is 0 Å². The highest BCUT2D eigenvalue weighted by molar-refractivity contribution is 5.79. The number of nitrogens with zero attached hydrogens (tertiary/aromatic N) is 1. The highest BCUT2D eigenvalue weighted by Crippen LogP contribution is 2.35. The first-order valence-corrected chi connectivity index (χ1v) is 8.74. The molecular formula is C18H23F3N2O2. The molecule has 0 bridgehead atoms. The predicted molar refractivity (Wildman–Crippen MR) is 87.1 cm³/mol. The number of likely N-dealkylation sites (tertiary alicyclic amines) is 1. The molecule has 2 N–H and O–H groups in total. The Morgan fingerprint density at radius 3 is 2.64 bits per heavy atom. The Hall–Kier alpha value is -1.76. The van der Waals surface area contributed by atoms with E-state index < -0.39 is 12.7 Å². The van der Waals surface area contributed by atoms with Crippen molar-refractivity contribution in [3.8, 4) is 5.75 Å². The standard InChI is InChI=1S/C18H23F3N2O2/c19-18(20,21)11-23-9-7-12(8-10-23)17(25)22-15-5-1-4-14-13(15)3-2-6-16(14)24/h2-3,6,12,15,24H,1,4-5,7-11H2,(H,22,25).